The van der Waals surface area contributed by atoms with E-state index in [4.69, 9.17) is 21.0 Å². The number of nitrogens with one attached hydrogen (secondary N) is 1. The van der Waals surface area contributed by atoms with Gasteiger partial charge in [-0.15, -0.1) is 0 Å². The Bertz CT molecular complexity index is 1240. The molecule has 7 nitrogen and oxygen atoms in total. The Morgan fingerprint density at radius 2 is 1.97 bits per heavy atom. The van der Waals surface area contributed by atoms with Crippen molar-refractivity contribution in [3.63, 3.8) is 0 Å². The van der Waals surface area contributed by atoms with E-state index in [0.29, 0.717) is 35.2 Å². The van der Waals surface area contributed by atoms with Gasteiger partial charge in [0.05, 0.1) is 18.8 Å². The van der Waals surface area contributed by atoms with Crippen LogP contribution >= 0.6 is 11.6 Å². The number of benzene rings is 1. The highest BCUT2D eigenvalue weighted by molar-refractivity contribution is 6.29. The first-order valence-electron chi connectivity index (χ1n) is 11.1. The Morgan fingerprint density at radius 1 is 1.15 bits per heavy atom. The lowest BCUT2D eigenvalue weighted by molar-refractivity contribution is 0.172. The van der Waals surface area contributed by atoms with Crippen molar-refractivity contribution in [2.45, 2.75) is 32.5 Å². The zero-order valence-corrected chi connectivity index (χ0v) is 19.6. The summed E-state index contributed by atoms with van der Waals surface area (Å²) in [5.41, 5.74) is 2.38. The van der Waals surface area contributed by atoms with Gasteiger partial charge in [0.15, 0.2) is 0 Å². The minimum Gasteiger partial charge on any atom is -0.446 e. The molecule has 8 heteroatoms. The second-order valence-electron chi connectivity index (χ2n) is 7.97. The summed E-state index contributed by atoms with van der Waals surface area (Å²) in [6.45, 7) is 4.78. The van der Waals surface area contributed by atoms with Gasteiger partial charge in [-0.05, 0) is 36.7 Å². The summed E-state index contributed by atoms with van der Waals surface area (Å²) in [5, 5.41) is 4.19. The number of rotatable bonds is 10. The molecule has 0 aliphatic rings. The molecule has 172 valence electrons. The van der Waals surface area contributed by atoms with Crippen LogP contribution in [0.15, 0.2) is 70.2 Å². The molecular weight excluding hydrogens is 438 g/mol. The third-order valence-electron chi connectivity index (χ3n) is 5.75. The van der Waals surface area contributed by atoms with E-state index in [1.165, 1.54) is 6.26 Å². The number of likely N-dealkylation sites (N-methyl/N-ethyl adjacent to an activating group) is 1. The fraction of sp³-hybridized carbons (Fsp3) is 0.320. The second-order valence-corrected chi connectivity index (χ2v) is 8.36. The molecule has 1 N–H and O–H groups in total. The largest absolute Gasteiger partial charge is 0.446 e. The van der Waals surface area contributed by atoms with Gasteiger partial charge in [0.1, 0.15) is 16.4 Å². The average molecular weight is 466 g/mol. The zero-order valence-electron chi connectivity index (χ0n) is 18.9. The van der Waals surface area contributed by atoms with Gasteiger partial charge in [-0.2, -0.15) is 4.98 Å². The van der Waals surface area contributed by atoms with Crippen LogP contribution in [0.3, 0.4) is 0 Å². The van der Waals surface area contributed by atoms with Gasteiger partial charge in [0.25, 0.3) is 5.56 Å². The number of fused-ring (bicyclic) bond motifs is 1. The number of pyridine rings is 1. The molecule has 1 atom stereocenters. The lowest BCUT2D eigenvalue weighted by atomic mass is 10.1. The normalized spacial score (nSPS) is 12.5. The molecule has 0 aliphatic heterocycles. The fourth-order valence-corrected chi connectivity index (χ4v) is 4.19. The highest BCUT2D eigenvalue weighted by atomic mass is 35.5. The molecule has 1 unspecified atom stereocenters. The van der Waals surface area contributed by atoms with Crippen LogP contribution < -0.4 is 10.9 Å². The number of furan rings is 1. The van der Waals surface area contributed by atoms with Gasteiger partial charge in [-0.25, -0.2) is 4.98 Å². The molecular formula is C25H28ClN5O2. The first kappa shape index (κ1) is 23.2. The predicted molar refractivity (Wildman–Crippen MR) is 130 cm³/mol. The first-order chi connectivity index (χ1) is 16.1. The van der Waals surface area contributed by atoms with Gasteiger partial charge >= 0.3 is 0 Å². The van der Waals surface area contributed by atoms with Crippen molar-refractivity contribution in [1.29, 1.82) is 0 Å². The maximum Gasteiger partial charge on any atom is 0.265 e. The quantitative estimate of drug-likeness (QED) is 0.353. The van der Waals surface area contributed by atoms with Crippen LogP contribution in [0.2, 0.25) is 5.15 Å². The van der Waals surface area contributed by atoms with Crippen LogP contribution in [0.1, 0.15) is 36.3 Å². The van der Waals surface area contributed by atoms with E-state index in [2.05, 4.69) is 22.1 Å². The Hall–Kier alpha value is -3.00. The number of hydrogen-bond donors (Lipinski definition) is 1. The van der Waals surface area contributed by atoms with Gasteiger partial charge in [0.2, 0.25) is 5.71 Å². The Balaban J connectivity index is 1.78. The SMILES string of the molecule is CCC(c1nc2occc2c(=O)n1Cc1ccccc1)N(CCNC)Cc1ccc(Cl)nc1. The number of hydrogen-bond acceptors (Lipinski definition) is 6. The molecule has 33 heavy (non-hydrogen) atoms. The summed E-state index contributed by atoms with van der Waals surface area (Å²) >= 11 is 5.98. The van der Waals surface area contributed by atoms with E-state index in [1.807, 2.05) is 43.4 Å². The highest BCUT2D eigenvalue weighted by Crippen LogP contribution is 2.26. The molecule has 0 spiro atoms. The van der Waals surface area contributed by atoms with Crippen molar-refractivity contribution < 1.29 is 4.42 Å². The lowest BCUT2D eigenvalue weighted by Crippen LogP contribution is -2.38. The monoisotopic (exact) mass is 465 g/mol. The molecule has 0 fully saturated rings. The van der Waals surface area contributed by atoms with E-state index in [9.17, 15) is 4.79 Å². The molecule has 0 amide bonds. The van der Waals surface area contributed by atoms with Crippen molar-refractivity contribution in [3.05, 3.63) is 93.4 Å². The Morgan fingerprint density at radius 3 is 2.67 bits per heavy atom. The topological polar surface area (TPSA) is 76.2 Å². The van der Waals surface area contributed by atoms with Crippen LogP contribution in [0.25, 0.3) is 11.1 Å². The Kier molecular flexibility index (Phi) is 7.54. The van der Waals surface area contributed by atoms with Crippen molar-refractivity contribution in [3.8, 4) is 0 Å². The highest BCUT2D eigenvalue weighted by Gasteiger charge is 2.26. The van der Waals surface area contributed by atoms with E-state index in [-0.39, 0.29) is 11.6 Å². The molecule has 0 aliphatic carbocycles. The summed E-state index contributed by atoms with van der Waals surface area (Å²) in [6.07, 6.45) is 4.09. The number of aromatic nitrogens is 3. The van der Waals surface area contributed by atoms with Crippen molar-refractivity contribution in [1.82, 2.24) is 24.8 Å². The third kappa shape index (κ3) is 5.33. The zero-order chi connectivity index (χ0) is 23.2. The summed E-state index contributed by atoms with van der Waals surface area (Å²) in [4.78, 5) is 24.9. The molecule has 0 radical (unpaired) electrons. The second kappa shape index (κ2) is 10.7. The maximum absolute atomic E-state index is 13.5. The molecule has 4 rings (SSSR count). The number of halogens is 1. The molecule has 0 bridgehead atoms. The van der Waals surface area contributed by atoms with E-state index in [0.717, 1.165) is 30.6 Å². The maximum atomic E-state index is 13.5. The minimum atomic E-state index is -0.0973. The molecule has 4 aromatic rings. The standard InChI is InChI=1S/C25H28ClN5O2/c1-3-21(30(13-12-27-2)16-19-9-10-22(26)28-15-19)23-29-24-20(11-14-33-24)25(32)31(23)17-18-7-5-4-6-8-18/h4-11,14-15,21,27H,3,12-13,16-17H2,1-2H3. The van der Waals surface area contributed by atoms with E-state index < -0.39 is 0 Å². The van der Waals surface area contributed by atoms with Crippen LogP contribution in [-0.4, -0.2) is 39.6 Å². The van der Waals surface area contributed by atoms with Crippen LogP contribution in [-0.2, 0) is 13.1 Å². The average Bonchev–Trinajstić information content (AvgIpc) is 3.31. The third-order valence-corrected chi connectivity index (χ3v) is 5.97. The number of nitrogens with zero attached hydrogens (tertiary/aromatic N) is 4. The summed E-state index contributed by atoms with van der Waals surface area (Å²) in [5.74, 6) is 0.701. The van der Waals surface area contributed by atoms with E-state index in [1.54, 1.807) is 22.9 Å². The Labute approximate surface area is 198 Å². The van der Waals surface area contributed by atoms with Crippen molar-refractivity contribution >= 4 is 22.7 Å². The smallest absolute Gasteiger partial charge is 0.265 e. The summed E-state index contributed by atoms with van der Waals surface area (Å²) in [7, 11) is 1.93. The molecule has 3 heterocycles. The summed E-state index contributed by atoms with van der Waals surface area (Å²) < 4.78 is 7.34. The molecule has 3 aromatic heterocycles. The fourth-order valence-electron chi connectivity index (χ4n) is 4.08. The van der Waals surface area contributed by atoms with E-state index >= 15 is 0 Å². The van der Waals surface area contributed by atoms with Gasteiger partial charge in [-0.3, -0.25) is 14.3 Å². The van der Waals surface area contributed by atoms with Gasteiger partial charge in [0, 0.05) is 25.8 Å². The molecule has 0 saturated heterocycles. The lowest BCUT2D eigenvalue weighted by Gasteiger charge is -2.32. The molecule has 1 aromatic carbocycles. The predicted octanol–water partition coefficient (Wildman–Crippen LogP) is 4.26. The summed E-state index contributed by atoms with van der Waals surface area (Å²) in [6, 6.07) is 15.3. The van der Waals surface area contributed by atoms with Gasteiger partial charge in [-0.1, -0.05) is 54.9 Å². The molecule has 0 saturated carbocycles. The first-order valence-corrected chi connectivity index (χ1v) is 11.5. The van der Waals surface area contributed by atoms with Gasteiger partial charge < -0.3 is 9.73 Å². The van der Waals surface area contributed by atoms with Crippen molar-refractivity contribution in [2.75, 3.05) is 20.1 Å². The minimum absolute atomic E-state index is 0.0900. The van der Waals surface area contributed by atoms with Crippen LogP contribution in [0.4, 0.5) is 0 Å². The van der Waals surface area contributed by atoms with Crippen LogP contribution in [0.5, 0.6) is 0 Å². The van der Waals surface area contributed by atoms with Crippen LogP contribution in [0, 0.1) is 0 Å². The van der Waals surface area contributed by atoms with Crippen molar-refractivity contribution in [2.24, 2.45) is 0 Å².